The van der Waals surface area contributed by atoms with Crippen molar-refractivity contribution in [2.75, 3.05) is 13.1 Å². The molecule has 3 fully saturated rings. The second kappa shape index (κ2) is 12.1. The van der Waals surface area contributed by atoms with Crippen LogP contribution >= 0.6 is 0 Å². The number of ketones is 1. The molecular formula is C28H42N4O4. The largest absolute Gasteiger partial charge is 0.346 e. The third-order valence-corrected chi connectivity index (χ3v) is 8.61. The summed E-state index contributed by atoms with van der Waals surface area (Å²) in [7, 11) is 0. The van der Waals surface area contributed by atoms with Gasteiger partial charge in [-0.05, 0) is 55.3 Å². The fourth-order valence-corrected chi connectivity index (χ4v) is 6.44. The van der Waals surface area contributed by atoms with E-state index in [1.165, 1.54) is 6.08 Å². The van der Waals surface area contributed by atoms with E-state index in [4.69, 9.17) is 12.2 Å². The molecule has 1 aliphatic heterocycles. The van der Waals surface area contributed by atoms with Crippen LogP contribution in [-0.2, 0) is 19.2 Å². The zero-order chi connectivity index (χ0) is 26.5. The Bertz CT molecular complexity index is 902. The van der Waals surface area contributed by atoms with Gasteiger partial charge in [-0.2, -0.15) is 0 Å². The van der Waals surface area contributed by atoms with Crippen molar-refractivity contribution in [3.8, 4) is 12.3 Å². The number of Topliss-reactive ketones (excluding diaryl/α,β-unsaturated/α-hetero) is 1. The third kappa shape index (κ3) is 6.00. The number of carbonyl (C=O) groups excluding carboxylic acids is 4. The predicted molar refractivity (Wildman–Crippen MR) is 138 cm³/mol. The number of terminal acetylenes is 1. The number of hydrogen-bond donors (Lipinski definition) is 3. The van der Waals surface area contributed by atoms with Gasteiger partial charge in [0.1, 0.15) is 6.04 Å². The summed E-state index contributed by atoms with van der Waals surface area (Å²) in [6.07, 6.45) is 14.2. The van der Waals surface area contributed by atoms with Crippen LogP contribution < -0.4 is 16.4 Å². The van der Waals surface area contributed by atoms with Crippen LogP contribution in [-0.4, -0.2) is 59.6 Å². The van der Waals surface area contributed by atoms with E-state index in [9.17, 15) is 19.2 Å². The smallest absolute Gasteiger partial charge is 0.289 e. The van der Waals surface area contributed by atoms with Gasteiger partial charge in [0.15, 0.2) is 0 Å². The van der Waals surface area contributed by atoms with Crippen molar-refractivity contribution < 1.29 is 19.2 Å². The lowest BCUT2D eigenvalue weighted by Gasteiger charge is -2.34. The lowest BCUT2D eigenvalue weighted by Crippen LogP contribution is -2.57. The fraction of sp³-hybridized carbons (Fsp3) is 0.714. The second-order valence-corrected chi connectivity index (χ2v) is 11.3. The van der Waals surface area contributed by atoms with E-state index in [0.29, 0.717) is 6.54 Å². The van der Waals surface area contributed by atoms with E-state index in [0.717, 1.165) is 44.9 Å². The maximum atomic E-state index is 13.7. The van der Waals surface area contributed by atoms with Gasteiger partial charge in [0, 0.05) is 19.5 Å². The van der Waals surface area contributed by atoms with Gasteiger partial charge in [-0.25, -0.2) is 0 Å². The second-order valence-electron chi connectivity index (χ2n) is 11.3. The van der Waals surface area contributed by atoms with Crippen LogP contribution in [0.25, 0.3) is 0 Å². The Labute approximate surface area is 215 Å². The Balaban J connectivity index is 1.82. The molecule has 8 nitrogen and oxygen atoms in total. The quantitative estimate of drug-likeness (QED) is 0.241. The average Bonchev–Trinajstić information content (AvgIpc) is 3.41. The summed E-state index contributed by atoms with van der Waals surface area (Å²) in [6.45, 7) is 8.53. The molecule has 3 rings (SSSR count). The minimum Gasteiger partial charge on any atom is -0.346 e. The molecule has 0 aromatic carbocycles. The molecule has 2 saturated carbocycles. The molecule has 36 heavy (non-hydrogen) atoms. The number of hydrogen-bond acceptors (Lipinski definition) is 5. The Morgan fingerprint density at radius 3 is 2.53 bits per heavy atom. The molecule has 8 heteroatoms. The molecule has 4 N–H and O–H groups in total. The summed E-state index contributed by atoms with van der Waals surface area (Å²) < 4.78 is 0. The fourth-order valence-electron chi connectivity index (χ4n) is 6.44. The molecule has 0 spiro atoms. The number of likely N-dealkylation sites (tertiary alicyclic amines) is 1. The van der Waals surface area contributed by atoms with Crippen molar-refractivity contribution in [1.82, 2.24) is 15.5 Å². The summed E-state index contributed by atoms with van der Waals surface area (Å²) >= 11 is 0. The van der Waals surface area contributed by atoms with Crippen LogP contribution in [0.5, 0.6) is 0 Å². The van der Waals surface area contributed by atoms with Crippen molar-refractivity contribution >= 4 is 23.5 Å². The van der Waals surface area contributed by atoms with Gasteiger partial charge in [-0.1, -0.05) is 39.2 Å². The molecule has 2 aliphatic carbocycles. The van der Waals surface area contributed by atoms with E-state index < -0.39 is 35.7 Å². The van der Waals surface area contributed by atoms with Crippen molar-refractivity contribution in [3.05, 3.63) is 12.7 Å². The first kappa shape index (κ1) is 27.9. The minimum absolute atomic E-state index is 0.00355. The summed E-state index contributed by atoms with van der Waals surface area (Å²) in [6, 6.07) is -2.40. The lowest BCUT2D eigenvalue weighted by molar-refractivity contribution is -0.143. The monoisotopic (exact) mass is 498 g/mol. The maximum Gasteiger partial charge on any atom is 0.289 e. The van der Waals surface area contributed by atoms with E-state index >= 15 is 0 Å². The Kier molecular flexibility index (Phi) is 9.35. The molecule has 0 radical (unpaired) electrons. The van der Waals surface area contributed by atoms with Crippen molar-refractivity contribution in [2.45, 2.75) is 89.8 Å². The number of nitrogens with two attached hydrogens (primary N) is 1. The maximum absolute atomic E-state index is 13.7. The SMILES string of the molecule is C#CCCC(NC(=O)[C@@H]1[C@H]2CCC(C)(C)[C@H]2CN1C(=O)[C@@H](N)C1CCCCC1)C(=O)C(=O)NCC=C. The standard InChI is InChI=1S/C28H42N4O4/c1-5-7-13-21(24(33)26(35)30-16-6-2)31-25(34)23-19-14-15-28(3,4)20(19)17-32(23)27(36)22(29)18-11-9-8-10-12-18/h1,6,18-23H,2,7-17,29H2,3-4H3,(H,30,35)(H,31,34)/t19-,20-,21?,22-,23-/m0/s1. The van der Waals surface area contributed by atoms with Gasteiger partial charge in [0.2, 0.25) is 17.6 Å². The number of amides is 3. The van der Waals surface area contributed by atoms with Crippen LogP contribution in [0.1, 0.15) is 71.6 Å². The molecule has 1 saturated heterocycles. The van der Waals surface area contributed by atoms with Gasteiger partial charge in [-0.15, -0.1) is 18.9 Å². The zero-order valence-electron chi connectivity index (χ0n) is 21.8. The number of carbonyl (C=O) groups is 4. The first-order valence-electron chi connectivity index (χ1n) is 13.3. The molecule has 1 unspecified atom stereocenters. The lowest BCUT2D eigenvalue weighted by atomic mass is 9.79. The third-order valence-electron chi connectivity index (χ3n) is 8.61. The van der Waals surface area contributed by atoms with Crippen LogP contribution in [0.2, 0.25) is 0 Å². The summed E-state index contributed by atoms with van der Waals surface area (Å²) in [5, 5.41) is 5.26. The molecular weight excluding hydrogens is 456 g/mol. The Hall–Kier alpha value is -2.66. The van der Waals surface area contributed by atoms with E-state index in [2.05, 4.69) is 37.0 Å². The van der Waals surface area contributed by atoms with Gasteiger partial charge in [-0.3, -0.25) is 19.2 Å². The highest BCUT2D eigenvalue weighted by Gasteiger charge is 2.56. The first-order chi connectivity index (χ1) is 17.1. The minimum atomic E-state index is -1.06. The highest BCUT2D eigenvalue weighted by Crippen LogP contribution is 2.53. The van der Waals surface area contributed by atoms with Gasteiger partial charge in [0.05, 0.1) is 12.1 Å². The highest BCUT2D eigenvalue weighted by atomic mass is 16.2. The Morgan fingerprint density at radius 2 is 1.89 bits per heavy atom. The van der Waals surface area contributed by atoms with Crippen LogP contribution in [0.4, 0.5) is 0 Å². The van der Waals surface area contributed by atoms with E-state index in [1.807, 2.05) is 0 Å². The number of nitrogens with zero attached hydrogens (tertiary/aromatic N) is 1. The van der Waals surface area contributed by atoms with E-state index in [-0.39, 0.29) is 48.5 Å². The van der Waals surface area contributed by atoms with Crippen LogP contribution in [0.3, 0.4) is 0 Å². The number of nitrogens with one attached hydrogen (secondary N) is 2. The first-order valence-corrected chi connectivity index (χ1v) is 13.3. The van der Waals surface area contributed by atoms with Gasteiger partial charge in [0.25, 0.3) is 5.91 Å². The molecule has 3 aliphatic rings. The normalized spacial score (nSPS) is 26.8. The van der Waals surface area contributed by atoms with E-state index in [1.54, 1.807) is 4.90 Å². The molecule has 3 amide bonds. The highest BCUT2D eigenvalue weighted by molar-refractivity contribution is 6.38. The molecule has 0 aromatic rings. The molecule has 198 valence electrons. The van der Waals surface area contributed by atoms with Crippen LogP contribution in [0, 0.1) is 35.5 Å². The molecule has 5 atom stereocenters. The molecule has 0 aromatic heterocycles. The average molecular weight is 499 g/mol. The number of rotatable bonds is 10. The Morgan fingerprint density at radius 1 is 1.19 bits per heavy atom. The summed E-state index contributed by atoms with van der Waals surface area (Å²) in [4.78, 5) is 54.2. The van der Waals surface area contributed by atoms with Crippen molar-refractivity contribution in [2.24, 2.45) is 28.9 Å². The van der Waals surface area contributed by atoms with Crippen molar-refractivity contribution in [1.29, 1.82) is 0 Å². The predicted octanol–water partition coefficient (Wildman–Crippen LogP) is 1.93. The van der Waals surface area contributed by atoms with Crippen molar-refractivity contribution in [3.63, 3.8) is 0 Å². The van der Waals surface area contributed by atoms with Gasteiger partial charge >= 0.3 is 0 Å². The molecule has 1 heterocycles. The molecule has 0 bridgehead atoms. The number of fused-ring (bicyclic) bond motifs is 1. The summed E-state index contributed by atoms with van der Waals surface area (Å²) in [5.74, 6) is 0.626. The zero-order valence-corrected chi connectivity index (χ0v) is 21.8. The topological polar surface area (TPSA) is 122 Å². The van der Waals surface area contributed by atoms with Gasteiger partial charge < -0.3 is 21.3 Å². The van der Waals surface area contributed by atoms with Crippen LogP contribution in [0.15, 0.2) is 12.7 Å². The summed E-state index contributed by atoms with van der Waals surface area (Å²) in [5.41, 5.74) is 6.49.